The van der Waals surface area contributed by atoms with Crippen molar-refractivity contribution < 1.29 is 5.11 Å². The molecule has 0 aromatic heterocycles. The smallest absolute Gasteiger partial charge is 0.0866 e. The van der Waals surface area contributed by atoms with Crippen molar-refractivity contribution >= 4 is 0 Å². The SMILES string of the molecule is N#CCN1CC[C@@H](NCc2ccccc2)[C@H](O)C1. The van der Waals surface area contributed by atoms with Crippen molar-refractivity contribution in [2.24, 2.45) is 0 Å². The van der Waals surface area contributed by atoms with Gasteiger partial charge in [-0.25, -0.2) is 0 Å². The molecular weight excluding hydrogens is 226 g/mol. The molecule has 2 rings (SSSR count). The first kappa shape index (κ1) is 13.0. The maximum absolute atomic E-state index is 10.0. The summed E-state index contributed by atoms with van der Waals surface area (Å²) in [7, 11) is 0. The van der Waals surface area contributed by atoms with Crippen molar-refractivity contribution in [1.29, 1.82) is 5.26 Å². The number of aliphatic hydroxyl groups excluding tert-OH is 1. The number of hydrogen-bond donors (Lipinski definition) is 2. The molecule has 1 aromatic rings. The molecular formula is C14H19N3O. The first-order valence-corrected chi connectivity index (χ1v) is 6.34. The largest absolute Gasteiger partial charge is 0.390 e. The summed E-state index contributed by atoms with van der Waals surface area (Å²) in [6.07, 6.45) is 0.492. The Morgan fingerprint density at radius 2 is 2.17 bits per heavy atom. The van der Waals surface area contributed by atoms with Crippen LogP contribution >= 0.6 is 0 Å². The van der Waals surface area contributed by atoms with E-state index in [1.54, 1.807) is 0 Å². The highest BCUT2D eigenvalue weighted by molar-refractivity contribution is 5.14. The average molecular weight is 245 g/mol. The van der Waals surface area contributed by atoms with Crippen molar-refractivity contribution in [3.63, 3.8) is 0 Å². The fraction of sp³-hybridized carbons (Fsp3) is 0.500. The van der Waals surface area contributed by atoms with Crippen LogP contribution in [0.2, 0.25) is 0 Å². The Morgan fingerprint density at radius 3 is 2.83 bits per heavy atom. The summed E-state index contributed by atoms with van der Waals surface area (Å²) in [4.78, 5) is 1.99. The second kappa shape index (κ2) is 6.50. The van der Waals surface area contributed by atoms with Crippen LogP contribution in [0, 0.1) is 11.3 Å². The standard InChI is InChI=1S/C14H19N3O/c15-7-9-17-8-6-13(14(18)11-17)16-10-12-4-2-1-3-5-12/h1-5,13-14,16,18H,6,8-11H2/t13-,14-/m1/s1. The lowest BCUT2D eigenvalue weighted by atomic mass is 10.0. The van der Waals surface area contributed by atoms with E-state index in [1.165, 1.54) is 5.56 Å². The summed E-state index contributed by atoms with van der Waals surface area (Å²) in [5, 5.41) is 22.1. The van der Waals surface area contributed by atoms with E-state index in [0.29, 0.717) is 13.1 Å². The average Bonchev–Trinajstić information content (AvgIpc) is 2.39. The predicted octanol–water partition coefficient (Wildman–Crippen LogP) is 0.735. The fourth-order valence-corrected chi connectivity index (χ4v) is 2.32. The molecule has 96 valence electrons. The Labute approximate surface area is 108 Å². The van der Waals surface area contributed by atoms with E-state index in [2.05, 4.69) is 23.5 Å². The number of nitrogens with zero attached hydrogens (tertiary/aromatic N) is 2. The van der Waals surface area contributed by atoms with Gasteiger partial charge < -0.3 is 10.4 Å². The minimum Gasteiger partial charge on any atom is -0.390 e. The summed E-state index contributed by atoms with van der Waals surface area (Å²) in [5.41, 5.74) is 1.23. The first-order valence-electron chi connectivity index (χ1n) is 6.34. The molecule has 1 saturated heterocycles. The Balaban J connectivity index is 1.79. The van der Waals surface area contributed by atoms with E-state index in [4.69, 9.17) is 5.26 Å². The quantitative estimate of drug-likeness (QED) is 0.768. The molecule has 4 heteroatoms. The third-order valence-electron chi connectivity index (χ3n) is 3.37. The molecule has 4 nitrogen and oxygen atoms in total. The molecule has 0 unspecified atom stereocenters. The molecule has 1 aliphatic heterocycles. The Kier molecular flexibility index (Phi) is 4.71. The lowest BCUT2D eigenvalue weighted by Crippen LogP contribution is -2.52. The van der Waals surface area contributed by atoms with Gasteiger partial charge in [-0.2, -0.15) is 5.26 Å². The first-order chi connectivity index (χ1) is 8.79. The van der Waals surface area contributed by atoms with Gasteiger partial charge in [0.2, 0.25) is 0 Å². The highest BCUT2D eigenvalue weighted by Gasteiger charge is 2.26. The minimum absolute atomic E-state index is 0.125. The van der Waals surface area contributed by atoms with Crippen LogP contribution in [0.25, 0.3) is 0 Å². The number of aliphatic hydroxyl groups is 1. The van der Waals surface area contributed by atoms with Gasteiger partial charge in [-0.3, -0.25) is 4.90 Å². The van der Waals surface area contributed by atoms with E-state index in [0.717, 1.165) is 19.5 Å². The molecule has 1 fully saturated rings. The number of rotatable bonds is 4. The highest BCUT2D eigenvalue weighted by Crippen LogP contribution is 2.11. The van der Waals surface area contributed by atoms with Crippen molar-refractivity contribution in [3.05, 3.63) is 35.9 Å². The monoisotopic (exact) mass is 245 g/mol. The number of benzene rings is 1. The van der Waals surface area contributed by atoms with Crippen molar-refractivity contribution in [2.45, 2.75) is 25.1 Å². The summed E-state index contributed by atoms with van der Waals surface area (Å²) in [6, 6.07) is 12.4. The Morgan fingerprint density at radius 1 is 1.39 bits per heavy atom. The van der Waals surface area contributed by atoms with Crippen LogP contribution in [-0.4, -0.2) is 41.8 Å². The normalized spacial score (nSPS) is 24.7. The number of nitriles is 1. The van der Waals surface area contributed by atoms with E-state index in [-0.39, 0.29) is 6.04 Å². The van der Waals surface area contributed by atoms with E-state index in [1.807, 2.05) is 23.1 Å². The maximum atomic E-state index is 10.0. The predicted molar refractivity (Wildman–Crippen MR) is 69.7 cm³/mol. The lowest BCUT2D eigenvalue weighted by molar-refractivity contribution is 0.0457. The summed E-state index contributed by atoms with van der Waals surface area (Å²) >= 11 is 0. The van der Waals surface area contributed by atoms with Crippen LogP contribution in [0.3, 0.4) is 0 Å². The number of piperidine rings is 1. The number of nitrogens with one attached hydrogen (secondary N) is 1. The van der Waals surface area contributed by atoms with Gasteiger partial charge in [-0.05, 0) is 12.0 Å². The van der Waals surface area contributed by atoms with Crippen LogP contribution in [0.5, 0.6) is 0 Å². The maximum Gasteiger partial charge on any atom is 0.0866 e. The highest BCUT2D eigenvalue weighted by atomic mass is 16.3. The van der Waals surface area contributed by atoms with Gasteiger partial charge in [0.15, 0.2) is 0 Å². The van der Waals surface area contributed by atoms with Gasteiger partial charge in [0.25, 0.3) is 0 Å². The lowest BCUT2D eigenvalue weighted by Gasteiger charge is -2.35. The van der Waals surface area contributed by atoms with Gasteiger partial charge in [0, 0.05) is 25.7 Å². The Bertz CT molecular complexity index is 401. The van der Waals surface area contributed by atoms with Crippen LogP contribution in [-0.2, 0) is 6.54 Å². The van der Waals surface area contributed by atoms with Gasteiger partial charge in [-0.15, -0.1) is 0 Å². The minimum atomic E-state index is -0.393. The molecule has 2 N–H and O–H groups in total. The molecule has 2 atom stereocenters. The topological polar surface area (TPSA) is 59.3 Å². The number of likely N-dealkylation sites (tertiary alicyclic amines) is 1. The molecule has 18 heavy (non-hydrogen) atoms. The van der Waals surface area contributed by atoms with Crippen LogP contribution < -0.4 is 5.32 Å². The van der Waals surface area contributed by atoms with Crippen molar-refractivity contribution in [3.8, 4) is 6.07 Å². The molecule has 0 amide bonds. The molecule has 0 bridgehead atoms. The summed E-state index contributed by atoms with van der Waals surface area (Å²) < 4.78 is 0. The molecule has 0 radical (unpaired) electrons. The number of hydrogen-bond acceptors (Lipinski definition) is 4. The zero-order valence-corrected chi connectivity index (χ0v) is 10.4. The number of β-amino-alcohol motifs (C(OH)–C–C–N with tert-alkyl or cyclic N) is 1. The van der Waals surface area contributed by atoms with Gasteiger partial charge in [0.1, 0.15) is 0 Å². The van der Waals surface area contributed by atoms with Crippen molar-refractivity contribution in [1.82, 2.24) is 10.2 Å². The molecule has 0 aliphatic carbocycles. The summed E-state index contributed by atoms with van der Waals surface area (Å²) in [5.74, 6) is 0. The van der Waals surface area contributed by atoms with E-state index in [9.17, 15) is 5.11 Å². The summed E-state index contributed by atoms with van der Waals surface area (Å²) in [6.45, 7) is 2.64. The van der Waals surface area contributed by atoms with E-state index >= 15 is 0 Å². The molecule has 1 aromatic carbocycles. The molecule has 0 spiro atoms. The molecule has 0 saturated carbocycles. The van der Waals surface area contributed by atoms with Crippen LogP contribution in [0.15, 0.2) is 30.3 Å². The molecule has 1 aliphatic rings. The van der Waals surface area contributed by atoms with Gasteiger partial charge >= 0.3 is 0 Å². The van der Waals surface area contributed by atoms with Crippen molar-refractivity contribution in [2.75, 3.05) is 19.6 Å². The van der Waals surface area contributed by atoms with Crippen LogP contribution in [0.1, 0.15) is 12.0 Å². The van der Waals surface area contributed by atoms with Gasteiger partial charge in [-0.1, -0.05) is 30.3 Å². The van der Waals surface area contributed by atoms with Gasteiger partial charge in [0.05, 0.1) is 18.7 Å². The zero-order chi connectivity index (χ0) is 12.8. The van der Waals surface area contributed by atoms with E-state index < -0.39 is 6.10 Å². The van der Waals surface area contributed by atoms with Crippen LogP contribution in [0.4, 0.5) is 0 Å². The molecule has 1 heterocycles. The third-order valence-corrected chi connectivity index (χ3v) is 3.37. The second-order valence-corrected chi connectivity index (χ2v) is 4.72. The second-order valence-electron chi connectivity index (χ2n) is 4.72. The third kappa shape index (κ3) is 3.54. The zero-order valence-electron chi connectivity index (χ0n) is 10.4. The fourth-order valence-electron chi connectivity index (χ4n) is 2.32. The Hall–Kier alpha value is -1.41.